The Bertz CT molecular complexity index is 592. The van der Waals surface area contributed by atoms with Crippen LogP contribution in [-0.4, -0.2) is 13.1 Å². The molecule has 0 aliphatic carbocycles. The Kier molecular flexibility index (Phi) is 4.56. The average Bonchev–Trinajstić information content (AvgIpc) is 2.93. The minimum absolute atomic E-state index is 0.972. The largest absolute Gasteiger partial charge is 0.367 e. The summed E-state index contributed by atoms with van der Waals surface area (Å²) in [6, 6.07) is 17.6. The lowest BCUT2D eigenvalue weighted by molar-refractivity contribution is 0.669. The van der Waals surface area contributed by atoms with E-state index >= 15 is 0 Å². The molecule has 110 valence electrons. The highest BCUT2D eigenvalue weighted by atomic mass is 15.1. The van der Waals surface area contributed by atoms with Crippen LogP contribution in [0.25, 0.3) is 0 Å². The second-order valence-corrected chi connectivity index (χ2v) is 5.75. The molecule has 0 fully saturated rings. The van der Waals surface area contributed by atoms with Crippen LogP contribution in [0, 0.1) is 0 Å². The Morgan fingerprint density at radius 2 is 1.76 bits per heavy atom. The number of nitrogens with zero attached hydrogens (tertiary/aromatic N) is 1. The Hall–Kier alpha value is -1.80. The van der Waals surface area contributed by atoms with E-state index in [1.807, 2.05) is 0 Å². The van der Waals surface area contributed by atoms with Crippen molar-refractivity contribution >= 4 is 5.69 Å². The fraction of sp³-hybridized carbons (Fsp3) is 0.368. The molecule has 0 spiro atoms. The molecule has 0 saturated heterocycles. The lowest BCUT2D eigenvalue weighted by Gasteiger charge is -2.21. The summed E-state index contributed by atoms with van der Waals surface area (Å²) in [5.74, 6) is 0. The molecule has 1 heterocycles. The van der Waals surface area contributed by atoms with E-state index in [9.17, 15) is 0 Å². The van der Waals surface area contributed by atoms with Gasteiger partial charge in [0.15, 0.2) is 0 Å². The molecule has 3 rings (SSSR count). The molecule has 2 aromatic rings. The van der Waals surface area contributed by atoms with Crippen molar-refractivity contribution < 1.29 is 0 Å². The highest BCUT2D eigenvalue weighted by molar-refractivity contribution is 5.58. The summed E-state index contributed by atoms with van der Waals surface area (Å²) in [6.45, 7) is 6.41. The van der Waals surface area contributed by atoms with Gasteiger partial charge < -0.3 is 10.2 Å². The predicted molar refractivity (Wildman–Crippen MR) is 89.6 cm³/mol. The number of hydrogen-bond acceptors (Lipinski definition) is 2. The van der Waals surface area contributed by atoms with Gasteiger partial charge in [-0.05, 0) is 42.1 Å². The van der Waals surface area contributed by atoms with Gasteiger partial charge in [0, 0.05) is 25.3 Å². The molecular weight excluding hydrogens is 256 g/mol. The van der Waals surface area contributed by atoms with E-state index < -0.39 is 0 Å². The number of benzene rings is 2. The van der Waals surface area contributed by atoms with E-state index in [-0.39, 0.29) is 0 Å². The summed E-state index contributed by atoms with van der Waals surface area (Å²) in [7, 11) is 0. The summed E-state index contributed by atoms with van der Waals surface area (Å²) in [5.41, 5.74) is 5.76. The van der Waals surface area contributed by atoms with Gasteiger partial charge in [0.25, 0.3) is 0 Å². The molecule has 0 saturated carbocycles. The third-order valence-electron chi connectivity index (χ3n) is 4.21. The molecule has 0 atom stereocenters. The van der Waals surface area contributed by atoms with Crippen molar-refractivity contribution in [2.45, 2.75) is 32.9 Å². The fourth-order valence-electron chi connectivity index (χ4n) is 3.06. The molecule has 2 nitrogen and oxygen atoms in total. The highest BCUT2D eigenvalue weighted by Gasteiger charge is 2.18. The zero-order valence-electron chi connectivity index (χ0n) is 12.8. The van der Waals surface area contributed by atoms with Gasteiger partial charge in [0.1, 0.15) is 0 Å². The minimum atomic E-state index is 0.972. The van der Waals surface area contributed by atoms with Crippen LogP contribution in [0.15, 0.2) is 48.5 Å². The zero-order valence-corrected chi connectivity index (χ0v) is 12.8. The zero-order chi connectivity index (χ0) is 14.5. The predicted octanol–water partition coefficient (Wildman–Crippen LogP) is 3.75. The molecule has 0 radical (unpaired) electrons. The summed E-state index contributed by atoms with van der Waals surface area (Å²) >= 11 is 0. The fourth-order valence-corrected chi connectivity index (χ4v) is 3.06. The topological polar surface area (TPSA) is 15.3 Å². The molecule has 1 aliphatic rings. The van der Waals surface area contributed by atoms with Gasteiger partial charge >= 0.3 is 0 Å². The number of para-hydroxylation sites is 1. The molecule has 0 bridgehead atoms. The summed E-state index contributed by atoms with van der Waals surface area (Å²) in [4.78, 5) is 2.51. The Balaban J connectivity index is 1.74. The van der Waals surface area contributed by atoms with Crippen molar-refractivity contribution in [3.05, 3.63) is 65.2 Å². The molecule has 1 aliphatic heterocycles. The highest BCUT2D eigenvalue weighted by Crippen LogP contribution is 2.29. The minimum Gasteiger partial charge on any atom is -0.367 e. The second-order valence-electron chi connectivity index (χ2n) is 5.75. The molecular formula is C19H24N2. The van der Waals surface area contributed by atoms with E-state index in [0.717, 1.165) is 26.2 Å². The summed E-state index contributed by atoms with van der Waals surface area (Å²) < 4.78 is 0. The number of anilines is 1. The van der Waals surface area contributed by atoms with Crippen LogP contribution in [0.4, 0.5) is 5.69 Å². The molecule has 0 aromatic heterocycles. The molecule has 1 N–H and O–H groups in total. The number of hydrogen-bond donors (Lipinski definition) is 1. The van der Waals surface area contributed by atoms with Gasteiger partial charge in [-0.2, -0.15) is 0 Å². The first-order chi connectivity index (χ1) is 10.4. The lowest BCUT2D eigenvalue weighted by atomic mass is 10.1. The maximum Gasteiger partial charge on any atom is 0.0432 e. The van der Waals surface area contributed by atoms with Gasteiger partial charge in [0.05, 0.1) is 0 Å². The first-order valence-electron chi connectivity index (χ1n) is 7.99. The van der Waals surface area contributed by atoms with Crippen LogP contribution in [0.3, 0.4) is 0 Å². The number of rotatable bonds is 6. The van der Waals surface area contributed by atoms with E-state index in [4.69, 9.17) is 0 Å². The van der Waals surface area contributed by atoms with Gasteiger partial charge in [-0.1, -0.05) is 49.4 Å². The van der Waals surface area contributed by atoms with Crippen LogP contribution < -0.4 is 10.2 Å². The van der Waals surface area contributed by atoms with Gasteiger partial charge in [-0.25, -0.2) is 0 Å². The summed E-state index contributed by atoms with van der Waals surface area (Å²) in [6.07, 6.45) is 2.36. The molecule has 2 heteroatoms. The van der Waals surface area contributed by atoms with Crippen molar-refractivity contribution in [2.24, 2.45) is 0 Å². The van der Waals surface area contributed by atoms with Crippen molar-refractivity contribution in [3.8, 4) is 0 Å². The van der Waals surface area contributed by atoms with Gasteiger partial charge in [-0.3, -0.25) is 0 Å². The van der Waals surface area contributed by atoms with E-state index in [0.29, 0.717) is 0 Å². The van der Waals surface area contributed by atoms with Crippen molar-refractivity contribution in [1.29, 1.82) is 0 Å². The molecule has 2 aromatic carbocycles. The first-order valence-corrected chi connectivity index (χ1v) is 7.99. The van der Waals surface area contributed by atoms with Crippen LogP contribution in [0.1, 0.15) is 30.0 Å². The second kappa shape index (κ2) is 6.77. The monoisotopic (exact) mass is 280 g/mol. The van der Waals surface area contributed by atoms with Crippen LogP contribution in [0.2, 0.25) is 0 Å². The SMILES string of the molecule is CCCNCc1ccccc1CN1CCc2ccccc21. The first kappa shape index (κ1) is 14.2. The number of fused-ring (bicyclic) bond motifs is 1. The smallest absolute Gasteiger partial charge is 0.0432 e. The Morgan fingerprint density at radius 1 is 1.00 bits per heavy atom. The third-order valence-corrected chi connectivity index (χ3v) is 4.21. The van der Waals surface area contributed by atoms with E-state index in [2.05, 4.69) is 65.7 Å². The van der Waals surface area contributed by atoms with E-state index in [1.54, 1.807) is 0 Å². The van der Waals surface area contributed by atoms with Gasteiger partial charge in [-0.15, -0.1) is 0 Å². The standard InChI is InChI=1S/C19H24N2/c1-2-12-20-14-17-8-3-4-9-18(17)15-21-13-11-16-7-5-6-10-19(16)21/h3-10,20H,2,11-15H2,1H3. The molecule has 0 unspecified atom stereocenters. The van der Waals surface area contributed by atoms with Crippen molar-refractivity contribution in [1.82, 2.24) is 5.32 Å². The van der Waals surface area contributed by atoms with Crippen molar-refractivity contribution in [2.75, 3.05) is 18.0 Å². The maximum atomic E-state index is 3.52. The van der Waals surface area contributed by atoms with Crippen LogP contribution in [-0.2, 0) is 19.5 Å². The third kappa shape index (κ3) is 3.27. The average molecular weight is 280 g/mol. The number of nitrogens with one attached hydrogen (secondary N) is 1. The Morgan fingerprint density at radius 3 is 2.62 bits per heavy atom. The van der Waals surface area contributed by atoms with Crippen LogP contribution in [0.5, 0.6) is 0 Å². The maximum absolute atomic E-state index is 3.52. The van der Waals surface area contributed by atoms with E-state index in [1.165, 1.54) is 35.2 Å². The lowest BCUT2D eigenvalue weighted by Crippen LogP contribution is -2.22. The quantitative estimate of drug-likeness (QED) is 0.811. The van der Waals surface area contributed by atoms with Crippen molar-refractivity contribution in [3.63, 3.8) is 0 Å². The summed E-state index contributed by atoms with van der Waals surface area (Å²) in [5, 5.41) is 3.52. The molecule has 21 heavy (non-hydrogen) atoms. The van der Waals surface area contributed by atoms with Gasteiger partial charge in [0.2, 0.25) is 0 Å². The Labute approximate surface area is 127 Å². The molecule has 0 amide bonds. The van der Waals surface area contributed by atoms with Crippen LogP contribution >= 0.6 is 0 Å². The normalized spacial score (nSPS) is 13.5.